The van der Waals surface area contributed by atoms with E-state index in [0.29, 0.717) is 6.04 Å². The molecule has 0 rings (SSSR count). The van der Waals surface area contributed by atoms with Gasteiger partial charge in [0, 0.05) is 6.42 Å². The Balaban J connectivity index is 3.83. The minimum Gasteiger partial charge on any atom is -0.171 e. The lowest BCUT2D eigenvalue weighted by molar-refractivity contribution is -0.130. The van der Waals surface area contributed by atoms with Crippen LogP contribution >= 0.6 is 11.1 Å². The molecule has 12 heavy (non-hydrogen) atoms. The minimum absolute atomic E-state index is 0.0735. The average Bonchev–Trinajstić information content (AvgIpc) is 1.83. The van der Waals surface area contributed by atoms with Crippen molar-refractivity contribution in [1.82, 2.24) is 0 Å². The number of rotatable bonds is 4. The Bertz CT molecular complexity index is 153. The quantitative estimate of drug-likeness (QED) is 0.379. The molecule has 0 radical (unpaired) electrons. The standard InChI is InChI=1S/C7H12ClF3Si/c1-3-5-12(2,8)6-4-7(9,10)11/h3H,1,4-6H2,2H3. The van der Waals surface area contributed by atoms with Crippen LogP contribution in [0, 0.1) is 0 Å². The van der Waals surface area contributed by atoms with Crippen LogP contribution in [0.25, 0.3) is 0 Å². The summed E-state index contributed by atoms with van der Waals surface area (Å²) >= 11 is 5.91. The van der Waals surface area contributed by atoms with Crippen LogP contribution in [0.5, 0.6) is 0 Å². The monoisotopic (exact) mass is 216 g/mol. The molecular formula is C7H12ClF3Si. The molecule has 0 aliphatic rings. The number of allylic oxidation sites excluding steroid dienone is 1. The van der Waals surface area contributed by atoms with Crippen LogP contribution < -0.4 is 0 Å². The molecule has 0 spiro atoms. The molecule has 0 fully saturated rings. The van der Waals surface area contributed by atoms with Gasteiger partial charge in [-0.1, -0.05) is 12.6 Å². The van der Waals surface area contributed by atoms with Gasteiger partial charge in [0.1, 0.15) is 0 Å². The van der Waals surface area contributed by atoms with E-state index in [1.807, 2.05) is 0 Å². The van der Waals surface area contributed by atoms with Gasteiger partial charge in [-0.15, -0.1) is 6.58 Å². The summed E-state index contributed by atoms with van der Waals surface area (Å²) in [5.41, 5.74) is 0. The molecule has 1 unspecified atom stereocenters. The van der Waals surface area contributed by atoms with Gasteiger partial charge in [-0.05, 0) is 12.1 Å². The number of halogens is 4. The molecule has 0 amide bonds. The molecule has 0 bridgehead atoms. The van der Waals surface area contributed by atoms with Crippen molar-refractivity contribution in [2.75, 3.05) is 0 Å². The highest BCUT2D eigenvalue weighted by molar-refractivity contribution is 7.19. The molecule has 0 aromatic heterocycles. The molecule has 0 nitrogen and oxygen atoms in total. The van der Waals surface area contributed by atoms with Crippen molar-refractivity contribution in [3.8, 4) is 0 Å². The number of hydrogen-bond donors (Lipinski definition) is 0. The highest BCUT2D eigenvalue weighted by atomic mass is 35.6. The van der Waals surface area contributed by atoms with Crippen LogP contribution in [-0.4, -0.2) is 13.6 Å². The summed E-state index contributed by atoms with van der Waals surface area (Å²) in [6.07, 6.45) is -3.26. The first-order chi connectivity index (χ1) is 5.27. The predicted octanol–water partition coefficient (Wildman–Crippen LogP) is 3.94. The van der Waals surface area contributed by atoms with Gasteiger partial charge in [0.05, 0.1) is 0 Å². The molecule has 0 saturated heterocycles. The Hall–Kier alpha value is 0.0369. The number of hydrogen-bond acceptors (Lipinski definition) is 0. The van der Waals surface area contributed by atoms with Crippen molar-refractivity contribution in [3.63, 3.8) is 0 Å². The molecule has 5 heteroatoms. The van der Waals surface area contributed by atoms with Crippen LogP contribution in [0.3, 0.4) is 0 Å². The highest BCUT2D eigenvalue weighted by Gasteiger charge is 2.32. The zero-order chi connectivity index (χ0) is 9.83. The Kier molecular flexibility index (Phi) is 4.34. The molecule has 0 N–H and O–H groups in total. The highest BCUT2D eigenvalue weighted by Crippen LogP contribution is 2.30. The van der Waals surface area contributed by atoms with Crippen molar-refractivity contribution >= 4 is 18.5 Å². The van der Waals surface area contributed by atoms with Gasteiger partial charge in [0.15, 0.2) is 7.38 Å². The Labute approximate surface area is 76.1 Å². The fourth-order valence-corrected chi connectivity index (χ4v) is 3.03. The SMILES string of the molecule is C=CC[Si](C)(Cl)CCC(F)(F)F. The van der Waals surface area contributed by atoms with Gasteiger partial charge in [0.2, 0.25) is 0 Å². The summed E-state index contributed by atoms with van der Waals surface area (Å²) < 4.78 is 35.3. The van der Waals surface area contributed by atoms with E-state index in [4.69, 9.17) is 11.1 Å². The summed E-state index contributed by atoms with van der Waals surface area (Å²) in [7, 11) is -2.18. The summed E-state index contributed by atoms with van der Waals surface area (Å²) in [5, 5.41) is 0. The Morgan fingerprint density at radius 3 is 2.33 bits per heavy atom. The van der Waals surface area contributed by atoms with Crippen molar-refractivity contribution < 1.29 is 13.2 Å². The normalized spacial score (nSPS) is 17.1. The molecule has 0 aliphatic carbocycles. The Morgan fingerprint density at radius 2 is 2.00 bits per heavy atom. The van der Waals surface area contributed by atoms with Crippen molar-refractivity contribution in [2.45, 2.75) is 31.2 Å². The topological polar surface area (TPSA) is 0 Å². The molecule has 0 saturated carbocycles. The summed E-state index contributed by atoms with van der Waals surface area (Å²) in [5.74, 6) is 0. The summed E-state index contributed by atoms with van der Waals surface area (Å²) in [4.78, 5) is 0. The van der Waals surface area contributed by atoms with E-state index >= 15 is 0 Å². The third-order valence-electron chi connectivity index (χ3n) is 1.50. The molecule has 1 atom stereocenters. The average molecular weight is 217 g/mol. The maximum atomic E-state index is 11.8. The second-order valence-electron chi connectivity index (χ2n) is 3.02. The van der Waals surface area contributed by atoms with Gasteiger partial charge < -0.3 is 0 Å². The van der Waals surface area contributed by atoms with Gasteiger partial charge in [0.25, 0.3) is 0 Å². The largest absolute Gasteiger partial charge is 0.388 e. The van der Waals surface area contributed by atoms with E-state index in [0.717, 1.165) is 0 Å². The van der Waals surface area contributed by atoms with Crippen molar-refractivity contribution in [3.05, 3.63) is 12.7 Å². The van der Waals surface area contributed by atoms with Crippen LogP contribution in [-0.2, 0) is 0 Å². The van der Waals surface area contributed by atoms with Gasteiger partial charge in [-0.25, -0.2) is 0 Å². The molecule has 0 aromatic rings. The second kappa shape index (κ2) is 4.32. The van der Waals surface area contributed by atoms with E-state index in [1.165, 1.54) is 0 Å². The zero-order valence-corrected chi connectivity index (χ0v) is 8.67. The van der Waals surface area contributed by atoms with E-state index in [1.54, 1.807) is 12.6 Å². The first-order valence-electron chi connectivity index (χ1n) is 3.63. The maximum absolute atomic E-state index is 11.8. The smallest absolute Gasteiger partial charge is 0.171 e. The van der Waals surface area contributed by atoms with Gasteiger partial charge in [-0.3, -0.25) is 0 Å². The first kappa shape index (κ1) is 12.0. The van der Waals surface area contributed by atoms with Crippen LogP contribution in [0.15, 0.2) is 12.7 Å². The van der Waals surface area contributed by atoms with Crippen molar-refractivity contribution in [1.29, 1.82) is 0 Å². The zero-order valence-electron chi connectivity index (χ0n) is 6.92. The Morgan fingerprint density at radius 1 is 1.50 bits per heavy atom. The third-order valence-corrected chi connectivity index (χ3v) is 4.96. The third kappa shape index (κ3) is 6.73. The first-order valence-corrected chi connectivity index (χ1v) is 7.56. The van der Waals surface area contributed by atoms with E-state index in [2.05, 4.69) is 6.58 Å². The minimum atomic E-state index is -4.08. The summed E-state index contributed by atoms with van der Waals surface area (Å²) in [6.45, 7) is 5.18. The molecule has 72 valence electrons. The predicted molar refractivity (Wildman–Crippen MR) is 48.0 cm³/mol. The maximum Gasteiger partial charge on any atom is 0.388 e. The summed E-state index contributed by atoms with van der Waals surface area (Å²) in [6, 6.07) is 0.606. The fraction of sp³-hybridized carbons (Fsp3) is 0.714. The number of alkyl halides is 3. The van der Waals surface area contributed by atoms with E-state index < -0.39 is 20.0 Å². The molecular weight excluding hydrogens is 205 g/mol. The lowest BCUT2D eigenvalue weighted by Gasteiger charge is -2.17. The lowest BCUT2D eigenvalue weighted by Crippen LogP contribution is -2.23. The van der Waals surface area contributed by atoms with Crippen LogP contribution in [0.1, 0.15) is 6.42 Å². The fourth-order valence-electron chi connectivity index (χ4n) is 0.805. The van der Waals surface area contributed by atoms with Gasteiger partial charge >= 0.3 is 6.18 Å². The molecule has 0 heterocycles. The van der Waals surface area contributed by atoms with E-state index in [9.17, 15) is 13.2 Å². The molecule has 0 aliphatic heterocycles. The van der Waals surface area contributed by atoms with Crippen molar-refractivity contribution in [2.24, 2.45) is 0 Å². The van der Waals surface area contributed by atoms with E-state index in [-0.39, 0.29) is 6.04 Å². The van der Waals surface area contributed by atoms with Crippen LogP contribution in [0.4, 0.5) is 13.2 Å². The van der Waals surface area contributed by atoms with Gasteiger partial charge in [-0.2, -0.15) is 24.3 Å². The molecule has 0 aromatic carbocycles. The van der Waals surface area contributed by atoms with Crippen LogP contribution in [0.2, 0.25) is 18.6 Å². The lowest BCUT2D eigenvalue weighted by atomic mass is 10.5. The second-order valence-corrected chi connectivity index (χ2v) is 9.49.